The van der Waals surface area contributed by atoms with Gasteiger partial charge < -0.3 is 30.5 Å². The molecular weight excluding hydrogens is 510 g/mol. The van der Waals surface area contributed by atoms with Crippen LogP contribution in [-0.4, -0.2) is 53.5 Å². The Morgan fingerprint density at radius 2 is 1.45 bits per heavy atom. The summed E-state index contributed by atoms with van der Waals surface area (Å²) in [5.74, 6) is -1.13. The van der Waals surface area contributed by atoms with Crippen LogP contribution < -0.4 is 16.0 Å². The normalized spacial score (nSPS) is 17.1. The number of carboxylic acid groups (broad SMARTS) is 1. The molecule has 1 atom stereocenters. The van der Waals surface area contributed by atoms with E-state index in [0.29, 0.717) is 19.4 Å². The fourth-order valence-corrected chi connectivity index (χ4v) is 5.01. The van der Waals surface area contributed by atoms with Gasteiger partial charge in [0, 0.05) is 18.6 Å². The quantitative estimate of drug-likeness (QED) is 0.234. The molecule has 9 nitrogen and oxygen atoms in total. The van der Waals surface area contributed by atoms with Crippen LogP contribution in [0.5, 0.6) is 0 Å². The summed E-state index contributed by atoms with van der Waals surface area (Å²) in [7, 11) is 0. The number of unbranched alkanes of at least 4 members (excludes halogenated alkanes) is 1. The maximum absolute atomic E-state index is 11.8. The number of carboxylic acids is 1. The van der Waals surface area contributed by atoms with E-state index < -0.39 is 29.8 Å². The second-order valence-electron chi connectivity index (χ2n) is 11.9. The van der Waals surface area contributed by atoms with Crippen LogP contribution in [0.25, 0.3) is 0 Å². The first kappa shape index (κ1) is 33.4. The molecule has 1 aromatic carbocycles. The van der Waals surface area contributed by atoms with Crippen LogP contribution in [0.15, 0.2) is 30.3 Å². The molecule has 9 heteroatoms. The Kier molecular flexibility index (Phi) is 15.5. The van der Waals surface area contributed by atoms with Crippen LogP contribution in [0.2, 0.25) is 0 Å². The van der Waals surface area contributed by atoms with Crippen molar-refractivity contribution in [3.63, 3.8) is 0 Å². The molecule has 1 aromatic rings. The minimum absolute atomic E-state index is 0.0683. The van der Waals surface area contributed by atoms with Gasteiger partial charge in [-0.1, -0.05) is 68.9 Å². The molecule has 0 saturated heterocycles. The van der Waals surface area contributed by atoms with Gasteiger partial charge in [-0.2, -0.15) is 0 Å². The number of carbonyl (C=O) groups excluding carboxylic acids is 2. The molecule has 226 valence electrons. The van der Waals surface area contributed by atoms with E-state index in [4.69, 9.17) is 9.47 Å². The fourth-order valence-electron chi connectivity index (χ4n) is 5.01. The van der Waals surface area contributed by atoms with Crippen molar-refractivity contribution < 1.29 is 29.0 Å². The average molecular weight is 562 g/mol. The highest BCUT2D eigenvalue weighted by atomic mass is 16.6. The van der Waals surface area contributed by atoms with Crippen LogP contribution in [0.3, 0.4) is 0 Å². The van der Waals surface area contributed by atoms with E-state index in [9.17, 15) is 19.5 Å². The van der Waals surface area contributed by atoms with Crippen molar-refractivity contribution in [3.8, 4) is 0 Å². The minimum atomic E-state index is -1.13. The number of hydrogen-bond acceptors (Lipinski definition) is 6. The number of benzene rings is 1. The van der Waals surface area contributed by atoms with Crippen molar-refractivity contribution in [3.05, 3.63) is 35.9 Å². The van der Waals surface area contributed by atoms with Crippen molar-refractivity contribution in [1.29, 1.82) is 0 Å². The Labute approximate surface area is 240 Å². The summed E-state index contributed by atoms with van der Waals surface area (Å²) >= 11 is 0. The van der Waals surface area contributed by atoms with E-state index in [1.807, 2.05) is 18.2 Å². The standard InChI is InChI=1S/C19H28N2O6.C12H23N/c1-19(2,3)27-17(24)20-12-8-7-11-15(16(22)23)21-18(25)26-13-14-9-5-4-6-10-14;1-3-7-11(8-4-1)13-12-9-5-2-6-10-12/h4-6,9-10,15H,7-8,11-13H2,1-3H3,(H,20,24)(H,21,25)(H,22,23);11-13H,1-10H2/t15-;/m1./s1. The number of carbonyl (C=O) groups is 3. The zero-order valence-electron chi connectivity index (χ0n) is 24.7. The van der Waals surface area contributed by atoms with Crippen molar-refractivity contribution in [2.75, 3.05) is 6.54 Å². The monoisotopic (exact) mass is 561 g/mol. The first-order chi connectivity index (χ1) is 19.1. The molecule has 2 fully saturated rings. The summed E-state index contributed by atoms with van der Waals surface area (Å²) in [4.78, 5) is 34.5. The van der Waals surface area contributed by atoms with E-state index in [1.165, 1.54) is 64.2 Å². The number of hydrogen-bond donors (Lipinski definition) is 4. The lowest BCUT2D eigenvalue weighted by molar-refractivity contribution is -0.139. The second kappa shape index (κ2) is 18.5. The molecule has 0 bridgehead atoms. The smallest absolute Gasteiger partial charge is 0.408 e. The molecule has 0 spiro atoms. The van der Waals surface area contributed by atoms with Gasteiger partial charge in [0.05, 0.1) is 0 Å². The molecule has 4 N–H and O–H groups in total. The fraction of sp³-hybridized carbons (Fsp3) is 0.710. The van der Waals surface area contributed by atoms with Crippen LogP contribution in [0.1, 0.15) is 110 Å². The first-order valence-electron chi connectivity index (χ1n) is 15.1. The summed E-state index contributed by atoms with van der Waals surface area (Å²) in [6.45, 7) is 5.74. The van der Waals surface area contributed by atoms with Gasteiger partial charge in [-0.25, -0.2) is 14.4 Å². The van der Waals surface area contributed by atoms with Gasteiger partial charge in [-0.05, 0) is 71.3 Å². The third kappa shape index (κ3) is 15.7. The second-order valence-corrected chi connectivity index (χ2v) is 11.9. The van der Waals surface area contributed by atoms with Crippen LogP contribution in [0, 0.1) is 0 Å². The molecule has 40 heavy (non-hydrogen) atoms. The lowest BCUT2D eigenvalue weighted by Gasteiger charge is -2.30. The molecule has 0 heterocycles. The van der Waals surface area contributed by atoms with E-state index in [0.717, 1.165) is 17.6 Å². The van der Waals surface area contributed by atoms with Gasteiger partial charge in [-0.3, -0.25) is 0 Å². The van der Waals surface area contributed by atoms with Gasteiger partial charge in [0.15, 0.2) is 0 Å². The maximum atomic E-state index is 11.8. The zero-order valence-corrected chi connectivity index (χ0v) is 24.7. The van der Waals surface area contributed by atoms with E-state index in [2.05, 4.69) is 16.0 Å². The van der Waals surface area contributed by atoms with Gasteiger partial charge in [0.25, 0.3) is 0 Å². The summed E-state index contributed by atoms with van der Waals surface area (Å²) in [6, 6.07) is 9.80. The van der Waals surface area contributed by atoms with E-state index >= 15 is 0 Å². The Morgan fingerprint density at radius 1 is 0.875 bits per heavy atom. The summed E-state index contributed by atoms with van der Waals surface area (Å²) in [5.41, 5.74) is 0.246. The molecule has 0 radical (unpaired) electrons. The Balaban J connectivity index is 0.000000355. The highest BCUT2D eigenvalue weighted by Gasteiger charge is 2.21. The maximum Gasteiger partial charge on any atom is 0.408 e. The predicted octanol–water partition coefficient (Wildman–Crippen LogP) is 6.30. The van der Waals surface area contributed by atoms with Gasteiger partial charge >= 0.3 is 18.2 Å². The molecule has 3 rings (SSSR count). The predicted molar refractivity (Wildman–Crippen MR) is 156 cm³/mol. The van der Waals surface area contributed by atoms with Gasteiger partial charge in [0.1, 0.15) is 18.2 Å². The minimum Gasteiger partial charge on any atom is -0.480 e. The third-order valence-corrected chi connectivity index (χ3v) is 7.07. The van der Waals surface area contributed by atoms with Crippen molar-refractivity contribution in [1.82, 2.24) is 16.0 Å². The number of alkyl carbamates (subject to hydrolysis) is 2. The molecule has 2 aliphatic carbocycles. The van der Waals surface area contributed by atoms with Crippen LogP contribution >= 0.6 is 0 Å². The van der Waals surface area contributed by atoms with Crippen LogP contribution in [-0.2, 0) is 20.9 Å². The van der Waals surface area contributed by atoms with Crippen molar-refractivity contribution in [2.45, 2.75) is 135 Å². The lowest BCUT2D eigenvalue weighted by Crippen LogP contribution is -2.41. The number of ether oxygens (including phenoxy) is 2. The summed E-state index contributed by atoms with van der Waals surface area (Å²) in [6.07, 6.45) is 14.6. The summed E-state index contributed by atoms with van der Waals surface area (Å²) in [5, 5.41) is 18.0. The van der Waals surface area contributed by atoms with Crippen LogP contribution in [0.4, 0.5) is 9.59 Å². The molecular formula is C31H51N3O6. The van der Waals surface area contributed by atoms with Crippen molar-refractivity contribution >= 4 is 18.2 Å². The molecule has 2 aliphatic rings. The average Bonchev–Trinajstić information content (AvgIpc) is 2.92. The largest absolute Gasteiger partial charge is 0.480 e. The lowest BCUT2D eigenvalue weighted by atomic mass is 9.91. The molecule has 0 unspecified atom stereocenters. The first-order valence-corrected chi connectivity index (χ1v) is 15.1. The topological polar surface area (TPSA) is 126 Å². The highest BCUT2D eigenvalue weighted by molar-refractivity contribution is 5.79. The summed E-state index contributed by atoms with van der Waals surface area (Å²) < 4.78 is 10.1. The Bertz CT molecular complexity index is 846. The Hall–Kier alpha value is -2.81. The highest BCUT2D eigenvalue weighted by Crippen LogP contribution is 2.22. The zero-order chi connectivity index (χ0) is 29.2. The number of nitrogens with one attached hydrogen (secondary N) is 3. The SMILES string of the molecule is C1CCC(NC2CCCCC2)CC1.CC(C)(C)OC(=O)NCCCC[C@@H](NC(=O)OCc1ccccc1)C(=O)O. The number of aliphatic carboxylic acids is 1. The molecule has 2 saturated carbocycles. The molecule has 0 aromatic heterocycles. The third-order valence-electron chi connectivity index (χ3n) is 7.07. The van der Waals surface area contributed by atoms with E-state index in [1.54, 1.807) is 32.9 Å². The number of amides is 2. The number of rotatable bonds is 11. The van der Waals surface area contributed by atoms with E-state index in [-0.39, 0.29) is 13.0 Å². The van der Waals surface area contributed by atoms with Crippen molar-refractivity contribution in [2.24, 2.45) is 0 Å². The van der Waals surface area contributed by atoms with Gasteiger partial charge in [0.2, 0.25) is 0 Å². The van der Waals surface area contributed by atoms with Gasteiger partial charge in [-0.15, -0.1) is 0 Å². The Morgan fingerprint density at radius 3 is 1.98 bits per heavy atom. The molecule has 0 aliphatic heterocycles. The molecule has 2 amide bonds.